The van der Waals surface area contributed by atoms with Crippen molar-refractivity contribution >= 4 is 5.91 Å². The van der Waals surface area contributed by atoms with Crippen molar-refractivity contribution in [2.45, 2.75) is 59.4 Å². The summed E-state index contributed by atoms with van der Waals surface area (Å²) in [6, 6.07) is 4.07. The number of furan rings is 1. The van der Waals surface area contributed by atoms with E-state index in [-0.39, 0.29) is 11.9 Å². The molecule has 2 aromatic heterocycles. The monoisotopic (exact) mass is 330 g/mol. The molecule has 130 valence electrons. The van der Waals surface area contributed by atoms with Gasteiger partial charge in [-0.2, -0.15) is 0 Å². The minimum absolute atomic E-state index is 0.0297. The highest BCUT2D eigenvalue weighted by molar-refractivity contribution is 5.79. The van der Waals surface area contributed by atoms with Gasteiger partial charge in [-0.05, 0) is 44.7 Å². The molecule has 24 heavy (non-hydrogen) atoms. The normalized spacial score (nSPS) is 21.2. The van der Waals surface area contributed by atoms with E-state index in [0.717, 1.165) is 54.3 Å². The third-order valence-electron chi connectivity index (χ3n) is 5.05. The predicted molar refractivity (Wildman–Crippen MR) is 90.6 cm³/mol. The summed E-state index contributed by atoms with van der Waals surface area (Å²) in [6.45, 7) is 8.84. The Bertz CT molecular complexity index is 697. The third kappa shape index (κ3) is 3.25. The zero-order chi connectivity index (χ0) is 17.3. The van der Waals surface area contributed by atoms with Crippen molar-refractivity contribution in [3.05, 3.63) is 40.7 Å². The van der Waals surface area contributed by atoms with Crippen molar-refractivity contribution < 1.29 is 13.7 Å². The molecular weight excluding hydrogens is 304 g/mol. The number of rotatable bonds is 4. The molecule has 1 aliphatic heterocycles. The summed E-state index contributed by atoms with van der Waals surface area (Å²) in [6.07, 6.45) is 3.19. The lowest BCUT2D eigenvalue weighted by Gasteiger charge is -2.37. The van der Waals surface area contributed by atoms with Gasteiger partial charge in [0.05, 0.1) is 18.2 Å². The van der Waals surface area contributed by atoms with E-state index >= 15 is 0 Å². The van der Waals surface area contributed by atoms with Gasteiger partial charge in [-0.15, -0.1) is 0 Å². The van der Waals surface area contributed by atoms with Crippen LogP contribution in [0.3, 0.4) is 0 Å². The minimum atomic E-state index is 0.0297. The van der Waals surface area contributed by atoms with Crippen LogP contribution in [0, 0.1) is 19.8 Å². The van der Waals surface area contributed by atoms with E-state index in [1.165, 1.54) is 0 Å². The number of hydrogen-bond acceptors (Lipinski definition) is 4. The van der Waals surface area contributed by atoms with Crippen LogP contribution in [0.5, 0.6) is 0 Å². The van der Waals surface area contributed by atoms with Crippen LogP contribution in [-0.4, -0.2) is 22.5 Å². The molecule has 3 rings (SSSR count). The van der Waals surface area contributed by atoms with E-state index in [0.29, 0.717) is 12.3 Å². The smallest absolute Gasteiger partial charge is 0.227 e. The van der Waals surface area contributed by atoms with Crippen molar-refractivity contribution in [1.29, 1.82) is 0 Å². The maximum Gasteiger partial charge on any atom is 0.227 e. The van der Waals surface area contributed by atoms with Gasteiger partial charge in [0.2, 0.25) is 5.91 Å². The molecule has 2 atom stereocenters. The Hall–Kier alpha value is -2.04. The van der Waals surface area contributed by atoms with Crippen molar-refractivity contribution in [2.24, 2.45) is 5.92 Å². The maximum absolute atomic E-state index is 13.0. The summed E-state index contributed by atoms with van der Waals surface area (Å²) < 4.78 is 11.1. The van der Waals surface area contributed by atoms with Gasteiger partial charge in [-0.25, -0.2) is 0 Å². The molecule has 0 radical (unpaired) electrons. The number of carbonyl (C=O) groups is 1. The fraction of sp³-hybridized carbons (Fsp3) is 0.579. The highest BCUT2D eigenvalue weighted by Crippen LogP contribution is 2.35. The number of amides is 1. The lowest BCUT2D eigenvalue weighted by Crippen LogP contribution is -2.41. The van der Waals surface area contributed by atoms with Crippen LogP contribution in [0.1, 0.15) is 61.3 Å². The average Bonchev–Trinajstić information content (AvgIpc) is 3.16. The van der Waals surface area contributed by atoms with E-state index in [1.807, 2.05) is 30.9 Å². The molecule has 0 aliphatic carbocycles. The van der Waals surface area contributed by atoms with E-state index in [1.54, 1.807) is 0 Å². The molecular formula is C19H26N2O3. The summed E-state index contributed by atoms with van der Waals surface area (Å²) in [7, 11) is 0. The maximum atomic E-state index is 13.0. The van der Waals surface area contributed by atoms with Crippen LogP contribution in [0.15, 0.2) is 21.1 Å². The molecule has 2 aromatic rings. The Kier molecular flexibility index (Phi) is 4.78. The van der Waals surface area contributed by atoms with Gasteiger partial charge in [0, 0.05) is 18.5 Å². The van der Waals surface area contributed by atoms with Gasteiger partial charge in [0.1, 0.15) is 17.3 Å². The van der Waals surface area contributed by atoms with Gasteiger partial charge < -0.3 is 13.8 Å². The Labute approximate surface area is 143 Å². The van der Waals surface area contributed by atoms with E-state index in [9.17, 15) is 4.79 Å². The fourth-order valence-corrected chi connectivity index (χ4v) is 3.48. The second-order valence-electron chi connectivity index (χ2n) is 6.87. The molecule has 1 amide bonds. The van der Waals surface area contributed by atoms with E-state index in [4.69, 9.17) is 8.94 Å². The lowest BCUT2D eigenvalue weighted by atomic mass is 9.90. The van der Waals surface area contributed by atoms with Gasteiger partial charge in [-0.1, -0.05) is 19.0 Å². The number of aromatic nitrogens is 1. The second kappa shape index (κ2) is 6.83. The number of likely N-dealkylation sites (tertiary alicyclic amines) is 1. The largest absolute Gasteiger partial charge is 0.464 e. The van der Waals surface area contributed by atoms with Crippen LogP contribution >= 0.6 is 0 Å². The SMILES string of the molecule is CCc1ccc(C2CC(C)CCN2C(=O)Cc2c(C)noc2C)o1. The molecule has 2 unspecified atom stereocenters. The van der Waals surface area contributed by atoms with Gasteiger partial charge in [0.15, 0.2) is 0 Å². The Morgan fingerprint density at radius 3 is 2.79 bits per heavy atom. The quantitative estimate of drug-likeness (QED) is 0.850. The molecule has 1 fully saturated rings. The molecule has 0 bridgehead atoms. The van der Waals surface area contributed by atoms with Crippen LogP contribution in [0.2, 0.25) is 0 Å². The molecule has 0 spiro atoms. The Morgan fingerprint density at radius 2 is 2.17 bits per heavy atom. The molecule has 3 heterocycles. The van der Waals surface area contributed by atoms with Crippen molar-refractivity contribution in [2.75, 3.05) is 6.54 Å². The molecule has 0 aromatic carbocycles. The first-order chi connectivity index (χ1) is 11.5. The van der Waals surface area contributed by atoms with E-state index < -0.39 is 0 Å². The first-order valence-electron chi connectivity index (χ1n) is 8.79. The summed E-state index contributed by atoms with van der Waals surface area (Å²) in [5, 5.41) is 3.95. The van der Waals surface area contributed by atoms with Crippen LogP contribution < -0.4 is 0 Å². The number of carbonyl (C=O) groups excluding carboxylic acids is 1. The molecule has 1 aliphatic rings. The first kappa shape index (κ1) is 16.8. The van der Waals surface area contributed by atoms with Crippen LogP contribution in [0.25, 0.3) is 0 Å². The molecule has 5 nitrogen and oxygen atoms in total. The zero-order valence-corrected chi connectivity index (χ0v) is 15.0. The van der Waals surface area contributed by atoms with Gasteiger partial charge >= 0.3 is 0 Å². The predicted octanol–water partition coefficient (Wildman–Crippen LogP) is 3.99. The van der Waals surface area contributed by atoms with E-state index in [2.05, 4.69) is 19.0 Å². The van der Waals surface area contributed by atoms with Crippen LogP contribution in [0.4, 0.5) is 0 Å². The number of nitrogens with zero attached hydrogens (tertiary/aromatic N) is 2. The van der Waals surface area contributed by atoms with Crippen LogP contribution in [-0.2, 0) is 17.6 Å². The summed E-state index contributed by atoms with van der Waals surface area (Å²) in [5.41, 5.74) is 1.71. The fourth-order valence-electron chi connectivity index (χ4n) is 3.48. The Balaban J connectivity index is 1.82. The molecule has 1 saturated heterocycles. The van der Waals surface area contributed by atoms with Crippen molar-refractivity contribution in [1.82, 2.24) is 10.1 Å². The minimum Gasteiger partial charge on any atom is -0.464 e. The molecule has 0 saturated carbocycles. The Morgan fingerprint density at radius 1 is 1.38 bits per heavy atom. The lowest BCUT2D eigenvalue weighted by molar-refractivity contribution is -0.135. The van der Waals surface area contributed by atoms with Crippen molar-refractivity contribution in [3.8, 4) is 0 Å². The first-order valence-corrected chi connectivity index (χ1v) is 8.79. The summed E-state index contributed by atoms with van der Waals surface area (Å²) in [5.74, 6) is 3.32. The third-order valence-corrected chi connectivity index (χ3v) is 5.05. The average molecular weight is 330 g/mol. The second-order valence-corrected chi connectivity index (χ2v) is 6.87. The topological polar surface area (TPSA) is 59.5 Å². The van der Waals surface area contributed by atoms with Gasteiger partial charge in [0.25, 0.3) is 0 Å². The highest BCUT2D eigenvalue weighted by Gasteiger charge is 2.33. The summed E-state index contributed by atoms with van der Waals surface area (Å²) in [4.78, 5) is 14.9. The zero-order valence-electron chi connectivity index (χ0n) is 15.0. The summed E-state index contributed by atoms with van der Waals surface area (Å²) >= 11 is 0. The van der Waals surface area contributed by atoms with Gasteiger partial charge in [-0.3, -0.25) is 4.79 Å². The number of hydrogen-bond donors (Lipinski definition) is 0. The highest BCUT2D eigenvalue weighted by atomic mass is 16.5. The standard InChI is InChI=1S/C19H26N2O3/c1-5-15-6-7-18(23-15)17-10-12(2)8-9-21(17)19(22)11-16-13(3)20-24-14(16)4/h6-7,12,17H,5,8-11H2,1-4H3. The molecule has 5 heteroatoms. The number of aryl methyl sites for hydroxylation is 3. The molecule has 0 N–H and O–H groups in total. The van der Waals surface area contributed by atoms with Crippen molar-refractivity contribution in [3.63, 3.8) is 0 Å². The number of piperidine rings is 1.